The van der Waals surface area contributed by atoms with Gasteiger partial charge in [0, 0.05) is 30.3 Å². The topological polar surface area (TPSA) is 130 Å². The molecule has 10 nitrogen and oxygen atoms in total. The second-order valence-electron chi connectivity index (χ2n) is 10.7. The summed E-state index contributed by atoms with van der Waals surface area (Å²) in [6.07, 6.45) is 6.86. The number of aromatic nitrogens is 3. The van der Waals surface area contributed by atoms with Gasteiger partial charge in [0.15, 0.2) is 0 Å². The minimum absolute atomic E-state index is 0.00214. The molecule has 3 aromatic rings. The smallest absolute Gasteiger partial charge is 0.292 e. The van der Waals surface area contributed by atoms with Crippen molar-refractivity contribution in [2.75, 3.05) is 11.9 Å². The van der Waals surface area contributed by atoms with Gasteiger partial charge < -0.3 is 20.1 Å². The molecule has 0 saturated carbocycles. The zero-order chi connectivity index (χ0) is 28.2. The zero-order valence-corrected chi connectivity index (χ0v) is 22.8. The van der Waals surface area contributed by atoms with Crippen LogP contribution < -0.4 is 10.6 Å². The van der Waals surface area contributed by atoms with E-state index >= 15 is 0 Å². The maximum Gasteiger partial charge on any atom is 0.292 e. The first-order valence-electron chi connectivity index (χ1n) is 13.0. The minimum atomic E-state index is -0.552. The highest BCUT2D eigenvalue weighted by Gasteiger charge is 2.31. The van der Waals surface area contributed by atoms with E-state index in [9.17, 15) is 14.4 Å². The molecule has 0 unspecified atom stereocenters. The van der Waals surface area contributed by atoms with Gasteiger partial charge in [-0.3, -0.25) is 19.4 Å². The first kappa shape index (κ1) is 27.7. The SMILES string of the molecule is C=CC(=O)N1CCCC[C@H]1C(=O)Nc1cnccc1-c1ccc(CNC(=O)c2noc(C(C)(C)C)n2)c(C)c1. The molecule has 1 aromatic carbocycles. The second-order valence-corrected chi connectivity index (χ2v) is 10.7. The molecule has 0 bridgehead atoms. The maximum absolute atomic E-state index is 13.2. The first-order chi connectivity index (χ1) is 18.6. The molecule has 0 spiro atoms. The van der Waals surface area contributed by atoms with Crippen molar-refractivity contribution < 1.29 is 18.9 Å². The molecule has 1 atom stereocenters. The number of carbonyl (C=O) groups excluding carboxylic acids is 3. The molecule has 1 aliphatic heterocycles. The van der Waals surface area contributed by atoms with Crippen molar-refractivity contribution >= 4 is 23.4 Å². The Hall–Kier alpha value is -4.34. The van der Waals surface area contributed by atoms with Crippen LogP contribution in [-0.4, -0.2) is 50.3 Å². The standard InChI is InChI=1S/C29H34N6O4/c1-6-24(36)35-14-8-7-9-23(35)26(37)32-22-17-30-13-12-21(22)19-10-11-20(18(2)15-19)16-31-27(38)25-33-28(39-34-25)29(3,4)5/h6,10-13,15,17,23H,1,7-9,14,16H2,2-5H3,(H,31,38)(H,32,37)/t23-/m0/s1. The van der Waals surface area contributed by atoms with Crippen LogP contribution in [0.5, 0.6) is 0 Å². The fourth-order valence-electron chi connectivity index (χ4n) is 4.48. The van der Waals surface area contributed by atoms with E-state index in [4.69, 9.17) is 4.52 Å². The molecule has 0 aliphatic carbocycles. The molecule has 2 aromatic heterocycles. The average molecular weight is 531 g/mol. The maximum atomic E-state index is 13.2. The largest absolute Gasteiger partial charge is 0.345 e. The number of amides is 3. The van der Waals surface area contributed by atoms with E-state index in [0.29, 0.717) is 31.1 Å². The summed E-state index contributed by atoms with van der Waals surface area (Å²) in [5, 5.41) is 9.62. The number of piperidine rings is 1. The summed E-state index contributed by atoms with van der Waals surface area (Å²) >= 11 is 0. The highest BCUT2D eigenvalue weighted by molar-refractivity contribution is 6.01. The van der Waals surface area contributed by atoms with Crippen molar-refractivity contribution in [2.24, 2.45) is 0 Å². The van der Waals surface area contributed by atoms with Crippen LogP contribution in [0.1, 0.15) is 67.7 Å². The molecule has 10 heteroatoms. The summed E-state index contributed by atoms with van der Waals surface area (Å²) < 4.78 is 5.21. The van der Waals surface area contributed by atoms with E-state index < -0.39 is 11.9 Å². The van der Waals surface area contributed by atoms with Crippen LogP contribution in [0.15, 0.2) is 53.8 Å². The lowest BCUT2D eigenvalue weighted by molar-refractivity contribution is -0.136. The molecular formula is C29H34N6O4. The van der Waals surface area contributed by atoms with Gasteiger partial charge >= 0.3 is 0 Å². The average Bonchev–Trinajstić information content (AvgIpc) is 3.43. The summed E-state index contributed by atoms with van der Waals surface area (Å²) in [4.78, 5) is 48.0. The Balaban J connectivity index is 1.47. The Morgan fingerprint density at radius 2 is 2.00 bits per heavy atom. The van der Waals surface area contributed by atoms with E-state index in [1.807, 2.05) is 52.0 Å². The Bertz CT molecular complexity index is 1390. The van der Waals surface area contributed by atoms with Gasteiger partial charge in [-0.2, -0.15) is 4.98 Å². The highest BCUT2D eigenvalue weighted by atomic mass is 16.5. The molecule has 0 radical (unpaired) electrons. The van der Waals surface area contributed by atoms with E-state index in [1.165, 1.54) is 6.08 Å². The Morgan fingerprint density at radius 1 is 1.21 bits per heavy atom. The summed E-state index contributed by atoms with van der Waals surface area (Å²) in [7, 11) is 0. The Kier molecular flexibility index (Phi) is 8.23. The molecule has 3 heterocycles. The van der Waals surface area contributed by atoms with Gasteiger partial charge in [-0.15, -0.1) is 0 Å². The molecule has 3 amide bonds. The summed E-state index contributed by atoms with van der Waals surface area (Å²) in [5.41, 5.74) is 3.79. The summed E-state index contributed by atoms with van der Waals surface area (Å²) in [6, 6.07) is 7.14. The molecule has 204 valence electrons. The molecule has 4 rings (SSSR count). The lowest BCUT2D eigenvalue weighted by Gasteiger charge is -2.34. The third-order valence-corrected chi connectivity index (χ3v) is 6.71. The molecule has 1 aliphatic rings. The van der Waals surface area contributed by atoms with Crippen LogP contribution in [0.25, 0.3) is 11.1 Å². The van der Waals surface area contributed by atoms with E-state index in [-0.39, 0.29) is 23.1 Å². The molecule has 1 saturated heterocycles. The number of hydrogen-bond donors (Lipinski definition) is 2. The lowest BCUT2D eigenvalue weighted by Crippen LogP contribution is -2.49. The predicted molar refractivity (Wildman–Crippen MR) is 147 cm³/mol. The number of anilines is 1. The number of likely N-dealkylation sites (tertiary alicyclic amines) is 1. The van der Waals surface area contributed by atoms with Gasteiger partial charge in [0.25, 0.3) is 11.7 Å². The van der Waals surface area contributed by atoms with Crippen LogP contribution in [0, 0.1) is 6.92 Å². The summed E-state index contributed by atoms with van der Waals surface area (Å²) in [6.45, 7) is 12.1. The van der Waals surface area contributed by atoms with Crippen molar-refractivity contribution in [1.29, 1.82) is 0 Å². The third kappa shape index (κ3) is 6.39. The number of rotatable bonds is 7. The number of nitrogens with one attached hydrogen (secondary N) is 2. The van der Waals surface area contributed by atoms with Crippen molar-refractivity contribution in [3.05, 3.63) is 72.2 Å². The summed E-state index contributed by atoms with van der Waals surface area (Å²) in [5.74, 6) is -0.502. The van der Waals surface area contributed by atoms with Crippen LogP contribution in [0.3, 0.4) is 0 Å². The lowest BCUT2D eigenvalue weighted by atomic mass is 9.97. The number of nitrogens with zero attached hydrogens (tertiary/aromatic N) is 4. The first-order valence-corrected chi connectivity index (χ1v) is 13.0. The van der Waals surface area contributed by atoms with E-state index in [0.717, 1.165) is 35.1 Å². The molecule has 39 heavy (non-hydrogen) atoms. The molecule has 2 N–H and O–H groups in total. The predicted octanol–water partition coefficient (Wildman–Crippen LogP) is 4.17. The molecular weight excluding hydrogens is 496 g/mol. The van der Waals surface area contributed by atoms with Crippen LogP contribution >= 0.6 is 0 Å². The Labute approximate surface area is 227 Å². The second kappa shape index (κ2) is 11.6. The zero-order valence-electron chi connectivity index (χ0n) is 22.8. The van der Waals surface area contributed by atoms with E-state index in [1.54, 1.807) is 17.3 Å². The quantitative estimate of drug-likeness (QED) is 0.438. The van der Waals surface area contributed by atoms with Crippen molar-refractivity contribution in [3.8, 4) is 11.1 Å². The van der Waals surface area contributed by atoms with Crippen LogP contribution in [0.4, 0.5) is 5.69 Å². The van der Waals surface area contributed by atoms with Crippen molar-refractivity contribution in [1.82, 2.24) is 25.3 Å². The van der Waals surface area contributed by atoms with Gasteiger partial charge in [-0.25, -0.2) is 0 Å². The van der Waals surface area contributed by atoms with Gasteiger partial charge in [0.2, 0.25) is 17.7 Å². The number of carbonyl (C=O) groups is 3. The Morgan fingerprint density at radius 3 is 2.69 bits per heavy atom. The van der Waals surface area contributed by atoms with Crippen molar-refractivity contribution in [2.45, 2.75) is 65.0 Å². The van der Waals surface area contributed by atoms with Crippen LogP contribution in [-0.2, 0) is 21.5 Å². The third-order valence-electron chi connectivity index (χ3n) is 6.71. The number of hydrogen-bond acceptors (Lipinski definition) is 7. The number of benzene rings is 1. The van der Waals surface area contributed by atoms with E-state index in [2.05, 4.69) is 32.3 Å². The van der Waals surface area contributed by atoms with Gasteiger partial charge in [-0.1, -0.05) is 50.7 Å². The normalized spacial score (nSPS) is 15.5. The van der Waals surface area contributed by atoms with Crippen molar-refractivity contribution in [3.63, 3.8) is 0 Å². The van der Waals surface area contributed by atoms with Crippen LogP contribution in [0.2, 0.25) is 0 Å². The van der Waals surface area contributed by atoms with Gasteiger partial charge in [0.05, 0.1) is 11.9 Å². The minimum Gasteiger partial charge on any atom is -0.345 e. The molecule has 1 fully saturated rings. The van der Waals surface area contributed by atoms with Gasteiger partial charge in [0.1, 0.15) is 6.04 Å². The monoisotopic (exact) mass is 530 g/mol. The fraction of sp³-hybridized carbons (Fsp3) is 0.379. The highest BCUT2D eigenvalue weighted by Crippen LogP contribution is 2.30. The fourth-order valence-corrected chi connectivity index (χ4v) is 4.48. The van der Waals surface area contributed by atoms with Gasteiger partial charge in [-0.05, 0) is 55.0 Å². The number of pyridine rings is 1. The number of aryl methyl sites for hydroxylation is 1.